The smallest absolute Gasteiger partial charge is 0.182 e. The van der Waals surface area contributed by atoms with Crippen LogP contribution >= 0.6 is 58.0 Å². The van der Waals surface area contributed by atoms with Gasteiger partial charge in [-0.3, -0.25) is 4.57 Å². The molecule has 3 aromatic rings. The first-order valence-electron chi connectivity index (χ1n) is 5.42. The molecule has 0 amide bonds. The average Bonchev–Trinajstić information content (AvgIpc) is 2.65. The molecule has 2 nitrogen and oxygen atoms in total. The van der Waals surface area contributed by atoms with Crippen LogP contribution < -0.4 is 0 Å². The van der Waals surface area contributed by atoms with E-state index < -0.39 is 0 Å². The summed E-state index contributed by atoms with van der Waals surface area (Å²) < 4.78 is 3.68. The SMILES string of the molecule is S=c1[nH]c2cc(I)ccc2n1-c1ccc(Cl)cc1Cl. The molecule has 0 aliphatic carbocycles. The topological polar surface area (TPSA) is 20.7 Å². The maximum Gasteiger partial charge on any atom is 0.182 e. The van der Waals surface area contributed by atoms with Gasteiger partial charge in [0.05, 0.1) is 21.7 Å². The maximum absolute atomic E-state index is 6.26. The summed E-state index contributed by atoms with van der Waals surface area (Å²) in [6.45, 7) is 0. The highest BCUT2D eigenvalue weighted by molar-refractivity contribution is 14.1. The normalized spacial score (nSPS) is 11.1. The molecule has 3 rings (SSSR count). The lowest BCUT2D eigenvalue weighted by molar-refractivity contribution is 1.07. The van der Waals surface area contributed by atoms with Gasteiger partial charge in [-0.25, -0.2) is 0 Å². The number of imidazole rings is 1. The van der Waals surface area contributed by atoms with Gasteiger partial charge >= 0.3 is 0 Å². The number of halogens is 3. The predicted octanol–water partition coefficient (Wildman–Crippen LogP) is 5.60. The molecule has 0 aliphatic heterocycles. The molecule has 0 bridgehead atoms. The van der Waals surface area contributed by atoms with Crippen LogP contribution in [0.15, 0.2) is 36.4 Å². The first-order valence-corrected chi connectivity index (χ1v) is 7.66. The zero-order chi connectivity index (χ0) is 13.6. The van der Waals surface area contributed by atoms with Crippen molar-refractivity contribution in [3.05, 3.63) is 54.8 Å². The zero-order valence-electron chi connectivity index (χ0n) is 9.45. The van der Waals surface area contributed by atoms with Crippen molar-refractivity contribution in [3.8, 4) is 5.69 Å². The zero-order valence-corrected chi connectivity index (χ0v) is 13.9. The summed E-state index contributed by atoms with van der Waals surface area (Å²) in [6, 6.07) is 11.5. The fourth-order valence-electron chi connectivity index (χ4n) is 1.99. The number of benzene rings is 2. The van der Waals surface area contributed by atoms with E-state index in [9.17, 15) is 0 Å². The van der Waals surface area contributed by atoms with Crippen molar-refractivity contribution in [2.45, 2.75) is 0 Å². The van der Waals surface area contributed by atoms with Gasteiger partial charge in [-0.05, 0) is 71.2 Å². The highest BCUT2D eigenvalue weighted by Gasteiger charge is 2.10. The molecule has 0 spiro atoms. The van der Waals surface area contributed by atoms with E-state index in [-0.39, 0.29) is 0 Å². The Bertz CT molecular complexity index is 838. The Hall–Kier alpha value is -0.560. The van der Waals surface area contributed by atoms with Crippen molar-refractivity contribution in [2.75, 3.05) is 0 Å². The summed E-state index contributed by atoms with van der Waals surface area (Å²) in [5.41, 5.74) is 2.81. The van der Waals surface area contributed by atoms with Crippen LogP contribution in [0.1, 0.15) is 0 Å². The molecule has 1 N–H and O–H groups in total. The van der Waals surface area contributed by atoms with Crippen LogP contribution in [0, 0.1) is 8.34 Å². The number of aromatic nitrogens is 2. The van der Waals surface area contributed by atoms with E-state index in [0.29, 0.717) is 14.8 Å². The molecule has 0 atom stereocenters. The highest BCUT2D eigenvalue weighted by atomic mass is 127. The Labute approximate surface area is 138 Å². The van der Waals surface area contributed by atoms with Gasteiger partial charge in [-0.2, -0.15) is 0 Å². The molecule has 0 saturated heterocycles. The molecule has 0 saturated carbocycles. The van der Waals surface area contributed by atoms with Crippen molar-refractivity contribution >= 4 is 69.0 Å². The van der Waals surface area contributed by atoms with Gasteiger partial charge in [-0.15, -0.1) is 0 Å². The molecule has 0 unspecified atom stereocenters. The van der Waals surface area contributed by atoms with Crippen molar-refractivity contribution < 1.29 is 0 Å². The number of rotatable bonds is 1. The van der Waals surface area contributed by atoms with Gasteiger partial charge < -0.3 is 4.98 Å². The lowest BCUT2D eigenvalue weighted by Gasteiger charge is -2.07. The van der Waals surface area contributed by atoms with E-state index in [0.717, 1.165) is 20.3 Å². The number of nitrogens with one attached hydrogen (secondary N) is 1. The van der Waals surface area contributed by atoms with E-state index in [1.165, 1.54) is 0 Å². The van der Waals surface area contributed by atoms with Crippen LogP contribution in [0.5, 0.6) is 0 Å². The van der Waals surface area contributed by atoms with Gasteiger partial charge in [0, 0.05) is 8.59 Å². The largest absolute Gasteiger partial charge is 0.330 e. The van der Waals surface area contributed by atoms with Crippen LogP contribution in [0.2, 0.25) is 10.0 Å². The molecule has 0 fully saturated rings. The summed E-state index contributed by atoms with van der Waals surface area (Å²) >= 11 is 19.8. The third-order valence-corrected chi connectivity index (χ3v) is 4.29. The second kappa shape index (κ2) is 5.09. The van der Waals surface area contributed by atoms with E-state index >= 15 is 0 Å². The second-order valence-electron chi connectivity index (χ2n) is 4.02. The minimum absolute atomic E-state index is 0.572. The van der Waals surface area contributed by atoms with Crippen LogP contribution in [0.3, 0.4) is 0 Å². The van der Waals surface area contributed by atoms with Gasteiger partial charge in [0.15, 0.2) is 4.77 Å². The van der Waals surface area contributed by atoms with E-state index in [4.69, 9.17) is 35.4 Å². The summed E-state index contributed by atoms with van der Waals surface area (Å²) in [6.07, 6.45) is 0. The van der Waals surface area contributed by atoms with Gasteiger partial charge in [0.25, 0.3) is 0 Å². The Balaban J connectivity index is 2.36. The Morgan fingerprint density at radius 1 is 1.11 bits per heavy atom. The van der Waals surface area contributed by atoms with Crippen molar-refractivity contribution in [1.29, 1.82) is 0 Å². The molecular weight excluding hydrogens is 414 g/mol. The maximum atomic E-state index is 6.26. The molecule has 0 aliphatic rings. The first-order chi connectivity index (χ1) is 9.06. The number of fused-ring (bicyclic) bond motifs is 1. The number of hydrogen-bond acceptors (Lipinski definition) is 1. The van der Waals surface area contributed by atoms with Gasteiger partial charge in [-0.1, -0.05) is 23.2 Å². The number of aromatic amines is 1. The molecule has 1 heterocycles. The molecule has 1 aromatic heterocycles. The van der Waals surface area contributed by atoms with Crippen LogP contribution in [0.4, 0.5) is 0 Å². The molecular formula is C13H7Cl2IN2S. The summed E-state index contributed by atoms with van der Waals surface area (Å²) in [5.74, 6) is 0. The Morgan fingerprint density at radius 3 is 2.63 bits per heavy atom. The standard InChI is InChI=1S/C13H7Cl2IN2S/c14-7-1-3-11(9(15)5-7)18-12-4-2-8(16)6-10(12)17-13(18)19/h1-6H,(H,17,19). The first kappa shape index (κ1) is 13.4. The fraction of sp³-hybridized carbons (Fsp3) is 0. The van der Waals surface area contributed by atoms with Crippen molar-refractivity contribution in [1.82, 2.24) is 9.55 Å². The van der Waals surface area contributed by atoms with E-state index in [1.807, 2.05) is 28.8 Å². The average molecular weight is 421 g/mol. The van der Waals surface area contributed by atoms with Crippen LogP contribution in [-0.4, -0.2) is 9.55 Å². The third-order valence-electron chi connectivity index (χ3n) is 2.79. The highest BCUT2D eigenvalue weighted by Crippen LogP contribution is 2.28. The monoisotopic (exact) mass is 420 g/mol. The molecule has 19 heavy (non-hydrogen) atoms. The molecule has 6 heteroatoms. The van der Waals surface area contributed by atoms with Crippen molar-refractivity contribution in [3.63, 3.8) is 0 Å². The summed E-state index contributed by atoms with van der Waals surface area (Å²) in [4.78, 5) is 3.19. The lowest BCUT2D eigenvalue weighted by atomic mass is 10.3. The fourth-order valence-corrected chi connectivity index (χ4v) is 3.28. The number of H-pyrrole nitrogens is 1. The van der Waals surface area contributed by atoms with Crippen LogP contribution in [-0.2, 0) is 0 Å². The predicted molar refractivity (Wildman–Crippen MR) is 91.2 cm³/mol. The number of hydrogen-bond donors (Lipinski definition) is 1. The van der Waals surface area contributed by atoms with Crippen LogP contribution in [0.25, 0.3) is 16.7 Å². The Kier molecular flexibility index (Phi) is 3.59. The summed E-state index contributed by atoms with van der Waals surface area (Å²) in [5, 5.41) is 1.18. The second-order valence-corrected chi connectivity index (χ2v) is 6.50. The van der Waals surface area contributed by atoms with E-state index in [2.05, 4.69) is 27.6 Å². The molecule has 96 valence electrons. The molecule has 0 radical (unpaired) electrons. The van der Waals surface area contributed by atoms with Gasteiger partial charge in [0.1, 0.15) is 0 Å². The lowest BCUT2D eigenvalue weighted by Crippen LogP contribution is -1.94. The third kappa shape index (κ3) is 2.42. The molecule has 2 aromatic carbocycles. The Morgan fingerprint density at radius 2 is 1.89 bits per heavy atom. The quantitative estimate of drug-likeness (QED) is 0.401. The summed E-state index contributed by atoms with van der Waals surface area (Å²) in [7, 11) is 0. The van der Waals surface area contributed by atoms with E-state index in [1.54, 1.807) is 12.1 Å². The minimum Gasteiger partial charge on any atom is -0.330 e. The van der Waals surface area contributed by atoms with Gasteiger partial charge in [0.2, 0.25) is 0 Å². The van der Waals surface area contributed by atoms with Crippen molar-refractivity contribution in [2.24, 2.45) is 0 Å². The minimum atomic E-state index is 0.572. The number of nitrogens with zero attached hydrogens (tertiary/aromatic N) is 1.